The van der Waals surface area contributed by atoms with Gasteiger partial charge >= 0.3 is 0 Å². The molecule has 1 aromatic carbocycles. The maximum absolute atomic E-state index is 12.9. The number of hydrogen-bond acceptors (Lipinski definition) is 3. The van der Waals surface area contributed by atoms with E-state index in [0.717, 1.165) is 25.0 Å². The number of benzene rings is 1. The number of nitrogens with one attached hydrogen (secondary N) is 1. The van der Waals surface area contributed by atoms with E-state index in [-0.39, 0.29) is 42.0 Å². The molecule has 0 atom stereocenters. The van der Waals surface area contributed by atoms with Gasteiger partial charge in [0.2, 0.25) is 10.0 Å². The third kappa shape index (κ3) is 6.70. The molecule has 1 fully saturated rings. The number of hydrogen-bond donors (Lipinski definition) is 2. The molecule has 1 aliphatic rings. The van der Waals surface area contributed by atoms with E-state index in [0.29, 0.717) is 12.0 Å². The molecule has 0 heterocycles. The van der Waals surface area contributed by atoms with Crippen molar-refractivity contribution in [3.8, 4) is 0 Å². The first-order valence-corrected chi connectivity index (χ1v) is 9.62. The Kier molecular flexibility index (Phi) is 9.08. The second kappa shape index (κ2) is 10.3. The van der Waals surface area contributed by atoms with Crippen LogP contribution in [0.4, 0.5) is 4.39 Å². The molecule has 1 aromatic rings. The molecule has 0 radical (unpaired) electrons. The van der Waals surface area contributed by atoms with Crippen molar-refractivity contribution in [3.05, 3.63) is 30.1 Å². The van der Waals surface area contributed by atoms with Crippen LogP contribution < -0.4 is 11.1 Å². The van der Waals surface area contributed by atoms with Crippen LogP contribution in [-0.2, 0) is 10.0 Å². The van der Waals surface area contributed by atoms with Crippen molar-refractivity contribution in [3.63, 3.8) is 0 Å². The zero-order valence-corrected chi connectivity index (χ0v) is 17.5. The summed E-state index contributed by atoms with van der Waals surface area (Å²) >= 11 is 0. The van der Waals surface area contributed by atoms with Crippen LogP contribution in [0.1, 0.15) is 32.1 Å². The number of likely N-dealkylation sites (N-methyl/N-ethyl adjacent to an activating group) is 1. The number of halogens is 2. The minimum Gasteiger partial charge on any atom is -0.370 e. The van der Waals surface area contributed by atoms with Crippen molar-refractivity contribution in [2.75, 3.05) is 20.1 Å². The van der Waals surface area contributed by atoms with Gasteiger partial charge in [-0.3, -0.25) is 4.99 Å². The predicted octanol–water partition coefficient (Wildman–Crippen LogP) is 2.30. The van der Waals surface area contributed by atoms with Crippen molar-refractivity contribution in [2.45, 2.75) is 43.0 Å². The molecule has 1 saturated carbocycles. The van der Waals surface area contributed by atoms with Crippen LogP contribution in [0.2, 0.25) is 0 Å². The Labute approximate surface area is 166 Å². The summed E-state index contributed by atoms with van der Waals surface area (Å²) in [7, 11) is -2.17. The minimum atomic E-state index is -3.64. The Morgan fingerprint density at radius 2 is 1.88 bits per heavy atom. The molecule has 0 amide bonds. The minimum absolute atomic E-state index is 0. The molecule has 9 heteroatoms. The van der Waals surface area contributed by atoms with Gasteiger partial charge < -0.3 is 11.1 Å². The quantitative estimate of drug-likeness (QED) is 0.369. The Balaban J connectivity index is 0.00000312. The van der Waals surface area contributed by atoms with Gasteiger partial charge in [-0.1, -0.05) is 19.3 Å². The van der Waals surface area contributed by atoms with Crippen LogP contribution in [0.5, 0.6) is 0 Å². The van der Waals surface area contributed by atoms with Crippen LogP contribution >= 0.6 is 24.0 Å². The molecular weight excluding hydrogens is 458 g/mol. The van der Waals surface area contributed by atoms with E-state index >= 15 is 0 Å². The van der Waals surface area contributed by atoms with Gasteiger partial charge in [-0.15, -0.1) is 24.0 Å². The standard InChI is InChI=1S/C16H25FN4O2S.HI/c1-21(24(22,23)15-9-7-13(17)8-10-15)12-11-19-16(18)20-14-5-3-2-4-6-14;/h7-10,14H,2-6,11-12H2,1H3,(H3,18,19,20);1H. The first-order valence-electron chi connectivity index (χ1n) is 8.18. The summed E-state index contributed by atoms with van der Waals surface area (Å²) < 4.78 is 38.8. The average Bonchev–Trinajstić information content (AvgIpc) is 2.56. The Bertz CT molecular complexity index is 661. The Morgan fingerprint density at radius 3 is 2.48 bits per heavy atom. The first-order chi connectivity index (χ1) is 11.4. The van der Waals surface area contributed by atoms with Crippen LogP contribution in [0.25, 0.3) is 0 Å². The lowest BCUT2D eigenvalue weighted by atomic mass is 9.96. The third-order valence-electron chi connectivity index (χ3n) is 4.18. The topological polar surface area (TPSA) is 87.8 Å². The van der Waals surface area contributed by atoms with Crippen LogP contribution in [0, 0.1) is 5.82 Å². The summed E-state index contributed by atoms with van der Waals surface area (Å²) in [6, 6.07) is 5.13. The fraction of sp³-hybridized carbons (Fsp3) is 0.562. The highest BCUT2D eigenvalue weighted by molar-refractivity contribution is 14.0. The summed E-state index contributed by atoms with van der Waals surface area (Å²) in [5, 5.41) is 3.19. The number of sulfonamides is 1. The highest BCUT2D eigenvalue weighted by Crippen LogP contribution is 2.17. The van der Waals surface area contributed by atoms with Crippen molar-refractivity contribution < 1.29 is 12.8 Å². The first kappa shape index (κ1) is 22.1. The molecule has 3 N–H and O–H groups in total. The van der Waals surface area contributed by atoms with E-state index in [9.17, 15) is 12.8 Å². The normalized spacial score (nSPS) is 16.5. The highest BCUT2D eigenvalue weighted by Gasteiger charge is 2.20. The van der Waals surface area contributed by atoms with E-state index in [4.69, 9.17) is 5.73 Å². The molecule has 0 aliphatic heterocycles. The number of rotatable bonds is 6. The second-order valence-electron chi connectivity index (χ2n) is 6.03. The summed E-state index contributed by atoms with van der Waals surface area (Å²) in [5.74, 6) is -0.114. The molecule has 1 aliphatic carbocycles. The summed E-state index contributed by atoms with van der Waals surface area (Å²) in [4.78, 5) is 4.26. The zero-order chi connectivity index (χ0) is 17.6. The summed E-state index contributed by atoms with van der Waals surface area (Å²) in [6.07, 6.45) is 5.85. The van der Waals surface area contributed by atoms with Gasteiger partial charge in [-0.05, 0) is 37.1 Å². The number of nitrogens with zero attached hydrogens (tertiary/aromatic N) is 2. The fourth-order valence-electron chi connectivity index (χ4n) is 2.72. The van der Waals surface area contributed by atoms with E-state index in [1.807, 2.05) is 0 Å². The fourth-order valence-corrected chi connectivity index (χ4v) is 3.88. The SMILES string of the molecule is CN(CCN=C(N)NC1CCCCC1)S(=O)(=O)c1ccc(F)cc1.I. The largest absolute Gasteiger partial charge is 0.370 e. The Morgan fingerprint density at radius 1 is 1.28 bits per heavy atom. The van der Waals surface area contributed by atoms with Crippen molar-refractivity contribution >= 4 is 40.0 Å². The van der Waals surface area contributed by atoms with Gasteiger partial charge in [-0.25, -0.2) is 12.8 Å². The van der Waals surface area contributed by atoms with E-state index in [2.05, 4.69) is 10.3 Å². The van der Waals surface area contributed by atoms with Crippen LogP contribution in [0.15, 0.2) is 34.2 Å². The summed E-state index contributed by atoms with van der Waals surface area (Å²) in [5.41, 5.74) is 5.86. The van der Waals surface area contributed by atoms with E-state index in [1.165, 1.54) is 42.7 Å². The van der Waals surface area contributed by atoms with Gasteiger partial charge in [0.25, 0.3) is 0 Å². The van der Waals surface area contributed by atoms with Crippen molar-refractivity contribution in [1.82, 2.24) is 9.62 Å². The number of guanidine groups is 1. The average molecular weight is 484 g/mol. The monoisotopic (exact) mass is 484 g/mol. The molecule has 2 rings (SSSR count). The number of nitrogens with two attached hydrogens (primary N) is 1. The molecule has 0 aromatic heterocycles. The van der Waals surface area contributed by atoms with Gasteiger partial charge in [0.1, 0.15) is 5.82 Å². The van der Waals surface area contributed by atoms with E-state index in [1.54, 1.807) is 0 Å². The third-order valence-corrected chi connectivity index (χ3v) is 6.05. The maximum atomic E-state index is 12.9. The molecule has 0 spiro atoms. The lowest BCUT2D eigenvalue weighted by molar-refractivity contribution is 0.412. The van der Waals surface area contributed by atoms with Gasteiger partial charge in [0.15, 0.2) is 5.96 Å². The predicted molar refractivity (Wildman–Crippen MR) is 108 cm³/mol. The lowest BCUT2D eigenvalue weighted by Gasteiger charge is -2.23. The molecule has 0 unspecified atom stereocenters. The molecule has 6 nitrogen and oxygen atoms in total. The van der Waals surface area contributed by atoms with Crippen LogP contribution in [0.3, 0.4) is 0 Å². The maximum Gasteiger partial charge on any atom is 0.242 e. The molecule has 142 valence electrons. The van der Waals surface area contributed by atoms with Crippen LogP contribution in [-0.4, -0.2) is 44.9 Å². The molecule has 0 bridgehead atoms. The van der Waals surface area contributed by atoms with Crippen molar-refractivity contribution in [2.24, 2.45) is 10.7 Å². The molecular formula is C16H26FIN4O2S. The van der Waals surface area contributed by atoms with Gasteiger partial charge in [0.05, 0.1) is 11.4 Å². The Hall–Kier alpha value is -0.940. The van der Waals surface area contributed by atoms with E-state index < -0.39 is 15.8 Å². The molecule has 0 saturated heterocycles. The molecule has 25 heavy (non-hydrogen) atoms. The summed E-state index contributed by atoms with van der Waals surface area (Å²) in [6.45, 7) is 0.467. The highest BCUT2D eigenvalue weighted by atomic mass is 127. The van der Waals surface area contributed by atoms with Gasteiger partial charge in [-0.2, -0.15) is 4.31 Å². The van der Waals surface area contributed by atoms with Gasteiger partial charge in [0, 0.05) is 19.6 Å². The van der Waals surface area contributed by atoms with Crippen molar-refractivity contribution in [1.29, 1.82) is 0 Å². The number of aliphatic imine (C=N–C) groups is 1. The lowest BCUT2D eigenvalue weighted by Crippen LogP contribution is -2.41. The zero-order valence-electron chi connectivity index (χ0n) is 14.3. The second-order valence-corrected chi connectivity index (χ2v) is 8.07. The smallest absolute Gasteiger partial charge is 0.242 e.